The molecule has 4 heteroatoms. The van der Waals surface area contributed by atoms with E-state index in [9.17, 15) is 9.50 Å². The largest absolute Gasteiger partial charge is 0.388 e. The molecule has 0 aromatic heterocycles. The molecule has 0 spiro atoms. The van der Waals surface area contributed by atoms with Gasteiger partial charge in [-0.25, -0.2) is 4.39 Å². The van der Waals surface area contributed by atoms with Crippen LogP contribution in [0.1, 0.15) is 23.7 Å². The molecule has 2 nitrogen and oxygen atoms in total. The van der Waals surface area contributed by atoms with Crippen LogP contribution in [0, 0.1) is 12.7 Å². The summed E-state index contributed by atoms with van der Waals surface area (Å²) in [5.41, 5.74) is 6.40. The lowest BCUT2D eigenvalue weighted by molar-refractivity contribution is 0.165. The molecule has 0 bridgehead atoms. The number of rotatable bonds is 3. The molecule has 0 saturated carbocycles. The van der Waals surface area contributed by atoms with Gasteiger partial charge in [-0.1, -0.05) is 15.9 Å². The molecule has 0 aliphatic carbocycles. The second kappa shape index (κ2) is 4.87. The van der Waals surface area contributed by atoms with Gasteiger partial charge >= 0.3 is 0 Å². The summed E-state index contributed by atoms with van der Waals surface area (Å²) in [6, 6.07) is 3.00. The van der Waals surface area contributed by atoms with Gasteiger partial charge in [-0.15, -0.1) is 0 Å². The summed E-state index contributed by atoms with van der Waals surface area (Å²) in [4.78, 5) is 0. The molecule has 0 heterocycles. The maximum atomic E-state index is 13.4. The van der Waals surface area contributed by atoms with Crippen molar-refractivity contribution in [1.82, 2.24) is 0 Å². The van der Waals surface area contributed by atoms with Gasteiger partial charge in [0.25, 0.3) is 0 Å². The number of aryl methyl sites for hydroxylation is 1. The Labute approximate surface area is 91.1 Å². The first-order valence-electron chi connectivity index (χ1n) is 4.40. The van der Waals surface area contributed by atoms with Crippen molar-refractivity contribution in [1.29, 1.82) is 0 Å². The Bertz CT molecular complexity index is 330. The maximum Gasteiger partial charge on any atom is 0.129 e. The van der Waals surface area contributed by atoms with Gasteiger partial charge in [0.2, 0.25) is 0 Å². The molecule has 78 valence electrons. The van der Waals surface area contributed by atoms with Crippen LogP contribution in [-0.2, 0) is 0 Å². The zero-order chi connectivity index (χ0) is 10.7. The van der Waals surface area contributed by atoms with E-state index in [1.54, 1.807) is 13.0 Å². The molecule has 1 aromatic rings. The van der Waals surface area contributed by atoms with Crippen LogP contribution >= 0.6 is 15.9 Å². The van der Waals surface area contributed by atoms with E-state index in [0.717, 1.165) is 10.0 Å². The highest BCUT2D eigenvalue weighted by atomic mass is 79.9. The van der Waals surface area contributed by atoms with E-state index < -0.39 is 6.10 Å². The van der Waals surface area contributed by atoms with E-state index in [2.05, 4.69) is 15.9 Å². The van der Waals surface area contributed by atoms with Crippen LogP contribution in [0.5, 0.6) is 0 Å². The first kappa shape index (κ1) is 11.6. The van der Waals surface area contributed by atoms with Crippen molar-refractivity contribution in [2.24, 2.45) is 5.73 Å². The number of nitrogens with two attached hydrogens (primary N) is 1. The number of hydrogen-bond donors (Lipinski definition) is 2. The monoisotopic (exact) mass is 261 g/mol. The highest BCUT2D eigenvalue weighted by Crippen LogP contribution is 2.26. The Kier molecular flexibility index (Phi) is 4.04. The van der Waals surface area contributed by atoms with Gasteiger partial charge in [-0.3, -0.25) is 0 Å². The van der Waals surface area contributed by atoms with Gasteiger partial charge in [0, 0.05) is 10.0 Å². The van der Waals surface area contributed by atoms with Crippen molar-refractivity contribution in [3.8, 4) is 0 Å². The SMILES string of the molecule is Cc1cc(F)c(C(O)CCN)cc1Br. The number of benzene rings is 1. The predicted octanol–water partition coefficient (Wildman–Crippen LogP) is 2.28. The highest BCUT2D eigenvalue weighted by molar-refractivity contribution is 9.10. The van der Waals surface area contributed by atoms with Crippen LogP contribution in [0.3, 0.4) is 0 Å². The molecular weight excluding hydrogens is 249 g/mol. The fourth-order valence-corrected chi connectivity index (χ4v) is 1.59. The highest BCUT2D eigenvalue weighted by Gasteiger charge is 2.13. The van der Waals surface area contributed by atoms with Gasteiger partial charge < -0.3 is 10.8 Å². The van der Waals surface area contributed by atoms with Crippen molar-refractivity contribution >= 4 is 15.9 Å². The van der Waals surface area contributed by atoms with Gasteiger partial charge in [-0.2, -0.15) is 0 Å². The summed E-state index contributed by atoms with van der Waals surface area (Å²) in [6.07, 6.45) is -0.455. The maximum absolute atomic E-state index is 13.4. The average Bonchev–Trinajstić information content (AvgIpc) is 2.11. The third-order valence-corrected chi connectivity index (χ3v) is 2.93. The lowest BCUT2D eigenvalue weighted by Crippen LogP contribution is -2.08. The van der Waals surface area contributed by atoms with Gasteiger partial charge in [0.15, 0.2) is 0 Å². The standard InChI is InChI=1S/C10H13BrFNO/c1-6-4-9(12)7(5-8(6)11)10(14)2-3-13/h4-5,10,14H,2-3,13H2,1H3. The van der Waals surface area contributed by atoms with E-state index in [4.69, 9.17) is 5.73 Å². The molecule has 0 saturated heterocycles. The van der Waals surface area contributed by atoms with E-state index in [0.29, 0.717) is 18.5 Å². The molecule has 0 radical (unpaired) electrons. The van der Waals surface area contributed by atoms with Crippen LogP contribution in [0.4, 0.5) is 4.39 Å². The van der Waals surface area contributed by atoms with Gasteiger partial charge in [-0.05, 0) is 37.6 Å². The van der Waals surface area contributed by atoms with E-state index in [-0.39, 0.29) is 5.82 Å². The van der Waals surface area contributed by atoms with Crippen LogP contribution < -0.4 is 5.73 Å². The Balaban J connectivity index is 3.02. The molecule has 0 aliphatic rings. The van der Waals surface area contributed by atoms with E-state index >= 15 is 0 Å². The molecule has 1 aromatic carbocycles. The Morgan fingerprint density at radius 2 is 2.21 bits per heavy atom. The fraction of sp³-hybridized carbons (Fsp3) is 0.400. The third kappa shape index (κ3) is 2.53. The number of aliphatic hydroxyl groups is 1. The van der Waals surface area contributed by atoms with E-state index in [1.165, 1.54) is 6.07 Å². The number of aliphatic hydroxyl groups excluding tert-OH is 1. The molecule has 1 unspecified atom stereocenters. The summed E-state index contributed by atoms with van der Waals surface area (Å²) >= 11 is 3.29. The van der Waals surface area contributed by atoms with Crippen molar-refractivity contribution in [2.75, 3.05) is 6.54 Å². The second-order valence-electron chi connectivity index (χ2n) is 3.22. The minimum absolute atomic E-state index is 0.299. The topological polar surface area (TPSA) is 46.2 Å². The summed E-state index contributed by atoms with van der Waals surface area (Å²) in [6.45, 7) is 2.14. The molecule has 14 heavy (non-hydrogen) atoms. The third-order valence-electron chi connectivity index (χ3n) is 2.08. The minimum Gasteiger partial charge on any atom is -0.388 e. The molecular formula is C10H13BrFNO. The lowest BCUT2D eigenvalue weighted by Gasteiger charge is -2.12. The molecule has 0 amide bonds. The second-order valence-corrected chi connectivity index (χ2v) is 4.07. The first-order valence-corrected chi connectivity index (χ1v) is 5.19. The molecule has 0 fully saturated rings. The molecule has 0 aliphatic heterocycles. The fourth-order valence-electron chi connectivity index (χ4n) is 1.23. The number of hydrogen-bond acceptors (Lipinski definition) is 2. The van der Waals surface area contributed by atoms with Crippen LogP contribution in [-0.4, -0.2) is 11.7 Å². The minimum atomic E-state index is -0.822. The van der Waals surface area contributed by atoms with Crippen LogP contribution in [0.2, 0.25) is 0 Å². The summed E-state index contributed by atoms with van der Waals surface area (Å²) in [5.74, 6) is -0.383. The van der Waals surface area contributed by atoms with Crippen LogP contribution in [0.15, 0.2) is 16.6 Å². The Morgan fingerprint density at radius 3 is 2.79 bits per heavy atom. The summed E-state index contributed by atoms with van der Waals surface area (Å²) < 4.78 is 14.2. The average molecular weight is 262 g/mol. The van der Waals surface area contributed by atoms with Crippen LogP contribution in [0.25, 0.3) is 0 Å². The smallest absolute Gasteiger partial charge is 0.129 e. The zero-order valence-electron chi connectivity index (χ0n) is 7.93. The van der Waals surface area contributed by atoms with E-state index in [1.807, 2.05) is 0 Å². The first-order chi connectivity index (χ1) is 6.56. The lowest BCUT2D eigenvalue weighted by atomic mass is 10.0. The Morgan fingerprint density at radius 1 is 1.57 bits per heavy atom. The molecule has 3 N–H and O–H groups in total. The molecule has 1 rings (SSSR count). The van der Waals surface area contributed by atoms with Crippen molar-refractivity contribution in [3.63, 3.8) is 0 Å². The van der Waals surface area contributed by atoms with Crippen molar-refractivity contribution < 1.29 is 9.50 Å². The van der Waals surface area contributed by atoms with Crippen molar-refractivity contribution in [2.45, 2.75) is 19.4 Å². The quantitative estimate of drug-likeness (QED) is 0.877. The summed E-state index contributed by atoms with van der Waals surface area (Å²) in [5, 5.41) is 9.58. The van der Waals surface area contributed by atoms with Crippen molar-refractivity contribution in [3.05, 3.63) is 33.5 Å². The summed E-state index contributed by atoms with van der Waals surface area (Å²) in [7, 11) is 0. The normalized spacial score (nSPS) is 12.9. The number of halogens is 2. The predicted molar refractivity (Wildman–Crippen MR) is 57.5 cm³/mol. The molecule has 1 atom stereocenters. The van der Waals surface area contributed by atoms with Gasteiger partial charge in [0.05, 0.1) is 6.10 Å². The van der Waals surface area contributed by atoms with Gasteiger partial charge in [0.1, 0.15) is 5.82 Å². The zero-order valence-corrected chi connectivity index (χ0v) is 9.51. The Hall–Kier alpha value is -0.450.